The minimum atomic E-state index is -0.443. The van der Waals surface area contributed by atoms with Crippen molar-refractivity contribution in [3.63, 3.8) is 0 Å². The molecule has 33 heavy (non-hydrogen) atoms. The number of non-ortho nitro benzene ring substituents is 1. The molecule has 3 aromatic rings. The van der Waals surface area contributed by atoms with E-state index in [9.17, 15) is 14.9 Å². The summed E-state index contributed by atoms with van der Waals surface area (Å²) in [5, 5.41) is 11.5. The minimum absolute atomic E-state index is 0.0341. The standard InChI is InChI=1S/C23H14Cl2N2O4S2/c24-16-5-10-20(19(25)12-16)26-22(28)21(33-23(26)32)11-14-3-8-18(9-4-14)31-13-15-1-6-17(7-2-15)27(29)30/h1-12H,13H2/b21-11-. The van der Waals surface area contributed by atoms with Gasteiger partial charge in [0.2, 0.25) is 0 Å². The maximum absolute atomic E-state index is 12.9. The number of amides is 1. The fourth-order valence-corrected chi connectivity index (χ4v) is 4.81. The molecule has 1 amide bonds. The second-order valence-corrected chi connectivity index (χ2v) is 9.41. The number of hydrogen-bond donors (Lipinski definition) is 0. The van der Waals surface area contributed by atoms with E-state index in [-0.39, 0.29) is 18.2 Å². The summed E-state index contributed by atoms with van der Waals surface area (Å²) >= 11 is 18.8. The smallest absolute Gasteiger partial charge is 0.270 e. The van der Waals surface area contributed by atoms with Crippen molar-refractivity contribution in [1.82, 2.24) is 0 Å². The van der Waals surface area contributed by atoms with Crippen molar-refractivity contribution in [1.29, 1.82) is 0 Å². The Morgan fingerprint density at radius 3 is 2.39 bits per heavy atom. The van der Waals surface area contributed by atoms with Crippen LogP contribution in [0.5, 0.6) is 5.75 Å². The van der Waals surface area contributed by atoms with Crippen LogP contribution in [0.2, 0.25) is 10.0 Å². The van der Waals surface area contributed by atoms with Crippen LogP contribution in [0.15, 0.2) is 71.6 Å². The Labute approximate surface area is 208 Å². The van der Waals surface area contributed by atoms with Crippen molar-refractivity contribution in [2.75, 3.05) is 4.90 Å². The van der Waals surface area contributed by atoms with E-state index < -0.39 is 4.92 Å². The quantitative estimate of drug-likeness (QED) is 0.154. The second kappa shape index (κ2) is 9.93. The molecule has 166 valence electrons. The molecule has 0 N–H and O–H groups in total. The van der Waals surface area contributed by atoms with Gasteiger partial charge in [-0.3, -0.25) is 19.8 Å². The lowest BCUT2D eigenvalue weighted by Crippen LogP contribution is -2.27. The van der Waals surface area contributed by atoms with Gasteiger partial charge in [-0.15, -0.1) is 0 Å². The molecule has 0 aromatic heterocycles. The van der Waals surface area contributed by atoms with E-state index in [0.717, 1.165) is 11.1 Å². The molecule has 4 rings (SSSR count). The second-order valence-electron chi connectivity index (χ2n) is 6.89. The SMILES string of the molecule is O=C1/C(=C/c2ccc(OCc3ccc([N+](=O)[O-])cc3)cc2)SC(=S)N1c1ccc(Cl)cc1Cl. The van der Waals surface area contributed by atoms with E-state index >= 15 is 0 Å². The zero-order valence-electron chi connectivity index (χ0n) is 16.7. The average molecular weight is 517 g/mol. The van der Waals surface area contributed by atoms with Crippen molar-refractivity contribution >= 4 is 74.9 Å². The molecule has 1 fully saturated rings. The summed E-state index contributed by atoms with van der Waals surface area (Å²) in [6, 6.07) is 18.3. The molecular formula is C23H14Cl2N2O4S2. The van der Waals surface area contributed by atoms with Crippen LogP contribution in [0.3, 0.4) is 0 Å². The Morgan fingerprint density at radius 2 is 1.76 bits per heavy atom. The van der Waals surface area contributed by atoms with Gasteiger partial charge in [0.05, 0.1) is 20.5 Å². The Bertz CT molecular complexity index is 1280. The fourth-order valence-electron chi connectivity index (χ4n) is 3.03. The largest absolute Gasteiger partial charge is 0.489 e. The third-order valence-electron chi connectivity index (χ3n) is 4.67. The Kier molecular flexibility index (Phi) is 6.99. The number of ether oxygens (including phenoxy) is 1. The molecule has 0 atom stereocenters. The fraction of sp³-hybridized carbons (Fsp3) is 0.0435. The summed E-state index contributed by atoms with van der Waals surface area (Å²) in [5.41, 5.74) is 2.14. The van der Waals surface area contributed by atoms with Gasteiger partial charge in [0.1, 0.15) is 12.4 Å². The summed E-state index contributed by atoms with van der Waals surface area (Å²) in [4.78, 5) is 25.1. The van der Waals surface area contributed by atoms with E-state index in [1.54, 1.807) is 48.5 Å². The van der Waals surface area contributed by atoms with Gasteiger partial charge in [0.15, 0.2) is 4.32 Å². The molecule has 0 bridgehead atoms. The number of nitro benzene ring substituents is 1. The number of carbonyl (C=O) groups is 1. The topological polar surface area (TPSA) is 72.7 Å². The predicted octanol–water partition coefficient (Wildman–Crippen LogP) is 6.89. The average Bonchev–Trinajstić information content (AvgIpc) is 3.06. The van der Waals surface area contributed by atoms with Crippen molar-refractivity contribution in [3.8, 4) is 5.75 Å². The predicted molar refractivity (Wildman–Crippen MR) is 136 cm³/mol. The van der Waals surface area contributed by atoms with Crippen molar-refractivity contribution in [2.24, 2.45) is 0 Å². The van der Waals surface area contributed by atoms with Crippen molar-refractivity contribution in [3.05, 3.63) is 103 Å². The van der Waals surface area contributed by atoms with E-state index in [1.807, 2.05) is 12.1 Å². The molecule has 0 spiro atoms. The molecule has 1 aliphatic heterocycles. The van der Waals surface area contributed by atoms with E-state index in [0.29, 0.717) is 30.7 Å². The molecule has 0 unspecified atom stereocenters. The summed E-state index contributed by atoms with van der Waals surface area (Å²) in [5.74, 6) is 0.374. The highest BCUT2D eigenvalue weighted by Crippen LogP contribution is 2.39. The number of thiocarbonyl (C=S) groups is 1. The molecule has 1 aliphatic rings. The molecular weight excluding hydrogens is 503 g/mol. The molecule has 0 aliphatic carbocycles. The van der Waals surface area contributed by atoms with Crippen LogP contribution in [0.25, 0.3) is 6.08 Å². The van der Waals surface area contributed by atoms with Gasteiger partial charge in [-0.25, -0.2) is 0 Å². The number of hydrogen-bond acceptors (Lipinski definition) is 6. The monoisotopic (exact) mass is 516 g/mol. The van der Waals surface area contributed by atoms with Gasteiger partial charge in [0.25, 0.3) is 11.6 Å². The Balaban J connectivity index is 1.43. The number of benzene rings is 3. The van der Waals surface area contributed by atoms with Crippen molar-refractivity contribution < 1.29 is 14.5 Å². The maximum Gasteiger partial charge on any atom is 0.270 e. The molecule has 10 heteroatoms. The lowest BCUT2D eigenvalue weighted by atomic mass is 10.2. The number of thioether (sulfide) groups is 1. The van der Waals surface area contributed by atoms with Crippen molar-refractivity contribution in [2.45, 2.75) is 6.61 Å². The zero-order valence-corrected chi connectivity index (χ0v) is 19.9. The van der Waals surface area contributed by atoms with Crippen LogP contribution in [-0.2, 0) is 11.4 Å². The Morgan fingerprint density at radius 1 is 1.06 bits per heavy atom. The van der Waals surface area contributed by atoms with Gasteiger partial charge < -0.3 is 4.74 Å². The van der Waals surface area contributed by atoms with E-state index in [2.05, 4.69) is 0 Å². The number of anilines is 1. The van der Waals surface area contributed by atoms with Gasteiger partial charge in [-0.05, 0) is 59.7 Å². The van der Waals surface area contributed by atoms with Gasteiger partial charge >= 0.3 is 0 Å². The lowest BCUT2D eigenvalue weighted by molar-refractivity contribution is -0.384. The number of nitro groups is 1. The molecule has 0 saturated carbocycles. The van der Waals surface area contributed by atoms with Crippen LogP contribution in [0.4, 0.5) is 11.4 Å². The number of nitrogens with zero attached hydrogens (tertiary/aromatic N) is 2. The number of halogens is 2. The molecule has 0 radical (unpaired) electrons. The van der Waals surface area contributed by atoms with Crippen LogP contribution in [0, 0.1) is 10.1 Å². The summed E-state index contributed by atoms with van der Waals surface area (Å²) in [6.45, 7) is 0.276. The van der Waals surface area contributed by atoms with Crippen LogP contribution < -0.4 is 9.64 Å². The number of carbonyl (C=O) groups excluding carboxylic acids is 1. The highest BCUT2D eigenvalue weighted by Gasteiger charge is 2.34. The van der Waals surface area contributed by atoms with E-state index in [1.165, 1.54) is 28.8 Å². The van der Waals surface area contributed by atoms with Crippen LogP contribution in [0.1, 0.15) is 11.1 Å². The first-order chi connectivity index (χ1) is 15.8. The molecule has 1 saturated heterocycles. The first-order valence-electron chi connectivity index (χ1n) is 9.51. The normalized spacial score (nSPS) is 14.7. The molecule has 3 aromatic carbocycles. The zero-order chi connectivity index (χ0) is 23.5. The third-order valence-corrected chi connectivity index (χ3v) is 6.51. The number of rotatable bonds is 6. The third kappa shape index (κ3) is 5.36. The summed E-state index contributed by atoms with van der Waals surface area (Å²) in [7, 11) is 0. The molecule has 6 nitrogen and oxygen atoms in total. The highest BCUT2D eigenvalue weighted by molar-refractivity contribution is 8.27. The summed E-state index contributed by atoms with van der Waals surface area (Å²) < 4.78 is 6.12. The molecule has 1 heterocycles. The van der Waals surface area contributed by atoms with E-state index in [4.69, 9.17) is 40.2 Å². The van der Waals surface area contributed by atoms with Crippen LogP contribution in [-0.4, -0.2) is 15.2 Å². The maximum atomic E-state index is 12.9. The first kappa shape index (κ1) is 23.3. The first-order valence-corrected chi connectivity index (χ1v) is 11.5. The highest BCUT2D eigenvalue weighted by atomic mass is 35.5. The lowest BCUT2D eigenvalue weighted by Gasteiger charge is -2.16. The summed E-state index contributed by atoms with van der Waals surface area (Å²) in [6.07, 6.45) is 1.75. The van der Waals surface area contributed by atoms with Crippen LogP contribution >= 0.6 is 47.2 Å². The van der Waals surface area contributed by atoms with Gasteiger partial charge in [-0.1, -0.05) is 59.3 Å². The van der Waals surface area contributed by atoms with Gasteiger partial charge in [-0.2, -0.15) is 0 Å². The van der Waals surface area contributed by atoms with Gasteiger partial charge in [0, 0.05) is 17.2 Å². The Hall–Kier alpha value is -2.91. The minimum Gasteiger partial charge on any atom is -0.489 e.